The normalized spacial score (nSPS) is 12.0. The second-order valence-corrected chi connectivity index (χ2v) is 7.95. The number of halogens is 8. The fourth-order valence-corrected chi connectivity index (χ4v) is 3.71. The molecule has 0 radical (unpaired) electrons. The minimum Gasteiger partial charge on any atom is -0.507 e. The molecule has 4 rings (SSSR count). The van der Waals surface area contributed by atoms with Gasteiger partial charge in [0.1, 0.15) is 34.8 Å². The van der Waals surface area contributed by atoms with Crippen LogP contribution in [0.5, 0.6) is 5.75 Å². The fraction of sp³-hybridized carbons (Fsp3) is 0.120. The lowest BCUT2D eigenvalue weighted by molar-refractivity contribution is -0.139. The molecule has 13 heteroatoms. The van der Waals surface area contributed by atoms with E-state index >= 15 is 0 Å². The first-order chi connectivity index (χ1) is 17.7. The van der Waals surface area contributed by atoms with Gasteiger partial charge in [-0.1, -0.05) is 6.07 Å². The van der Waals surface area contributed by atoms with E-state index in [1.807, 2.05) is 0 Å². The molecule has 4 aromatic rings. The first-order valence-corrected chi connectivity index (χ1v) is 10.4. The molecule has 2 aromatic carbocycles. The number of alkyl halides is 6. The molecule has 0 amide bonds. The third-order valence-electron chi connectivity index (χ3n) is 5.51. The number of phenols is 1. The van der Waals surface area contributed by atoms with Crippen molar-refractivity contribution in [3.63, 3.8) is 0 Å². The summed E-state index contributed by atoms with van der Waals surface area (Å²) >= 11 is 0. The number of phenolic OH excluding ortho intramolecular Hbond substituents is 1. The molecular formula is C25H12F8N2O3. The number of benzene rings is 2. The maximum Gasteiger partial charge on any atom is 0.419 e. The van der Waals surface area contributed by atoms with Crippen LogP contribution in [-0.4, -0.2) is 9.67 Å². The average Bonchev–Trinajstić information content (AvgIpc) is 3.30. The molecule has 0 aliphatic carbocycles. The van der Waals surface area contributed by atoms with Crippen molar-refractivity contribution in [3.8, 4) is 34.6 Å². The van der Waals surface area contributed by atoms with E-state index in [0.717, 1.165) is 36.4 Å². The van der Waals surface area contributed by atoms with Gasteiger partial charge in [0.15, 0.2) is 5.76 Å². The van der Waals surface area contributed by atoms with E-state index < -0.39 is 70.0 Å². The molecule has 0 unspecified atom stereocenters. The molecule has 0 aliphatic heterocycles. The molecule has 0 aliphatic rings. The average molecular weight is 540 g/mol. The summed E-state index contributed by atoms with van der Waals surface area (Å²) in [6, 6.07) is 8.44. The molecule has 0 fully saturated rings. The van der Waals surface area contributed by atoms with Gasteiger partial charge in [0.2, 0.25) is 0 Å². The number of aromatic hydroxyl groups is 1. The smallest absolute Gasteiger partial charge is 0.419 e. The number of nitrogens with zero attached hydrogens (tertiary/aromatic N) is 2. The van der Waals surface area contributed by atoms with Crippen molar-refractivity contribution in [1.82, 2.24) is 4.57 Å². The monoisotopic (exact) mass is 540 g/mol. The van der Waals surface area contributed by atoms with Gasteiger partial charge in [-0.05, 0) is 42.5 Å². The van der Waals surface area contributed by atoms with Crippen LogP contribution in [0.25, 0.3) is 22.8 Å². The number of nitriles is 1. The van der Waals surface area contributed by atoms with Gasteiger partial charge >= 0.3 is 12.4 Å². The highest BCUT2D eigenvalue weighted by molar-refractivity contribution is 5.66. The van der Waals surface area contributed by atoms with E-state index in [-0.39, 0.29) is 16.9 Å². The lowest BCUT2D eigenvalue weighted by Crippen LogP contribution is -2.29. The number of furan rings is 1. The maximum absolute atomic E-state index is 14.3. The lowest BCUT2D eigenvalue weighted by Gasteiger charge is -2.16. The predicted molar refractivity (Wildman–Crippen MR) is 116 cm³/mol. The summed E-state index contributed by atoms with van der Waals surface area (Å²) in [5, 5.41) is 18.8. The predicted octanol–water partition coefficient (Wildman–Crippen LogP) is 6.72. The van der Waals surface area contributed by atoms with Crippen LogP contribution < -0.4 is 5.56 Å². The van der Waals surface area contributed by atoms with Crippen molar-refractivity contribution in [2.24, 2.45) is 0 Å². The van der Waals surface area contributed by atoms with Crippen LogP contribution in [0.2, 0.25) is 0 Å². The minimum atomic E-state index is -5.16. The second kappa shape index (κ2) is 9.37. The molecular weight excluding hydrogens is 528 g/mol. The van der Waals surface area contributed by atoms with Crippen LogP contribution in [0.3, 0.4) is 0 Å². The van der Waals surface area contributed by atoms with Gasteiger partial charge in [-0.2, -0.15) is 31.6 Å². The molecule has 0 bridgehead atoms. The molecule has 5 nitrogen and oxygen atoms in total. The molecule has 0 spiro atoms. The van der Waals surface area contributed by atoms with Crippen molar-refractivity contribution in [3.05, 3.63) is 98.8 Å². The standard InChI is InChI=1S/C25H12F8N2O3/c26-14-3-1-13(18(27)8-14)11-35-19(9-16(24(28,29)30)15(10-34)23(35)37)22-6-5-21(38-22)12-2-4-20(36)17(7-12)25(31,32)33/h1-9,36H,11H2. The number of rotatable bonds is 4. The Balaban J connectivity index is 1.92. The van der Waals surface area contributed by atoms with Crippen molar-refractivity contribution in [2.45, 2.75) is 18.9 Å². The minimum absolute atomic E-state index is 0.204. The van der Waals surface area contributed by atoms with E-state index in [2.05, 4.69) is 0 Å². The van der Waals surface area contributed by atoms with Crippen molar-refractivity contribution in [2.75, 3.05) is 0 Å². The Labute approximate surface area is 207 Å². The number of hydrogen-bond acceptors (Lipinski definition) is 4. The van der Waals surface area contributed by atoms with Gasteiger partial charge in [0.05, 0.1) is 23.4 Å². The Kier molecular flexibility index (Phi) is 6.52. The third kappa shape index (κ3) is 4.97. The van der Waals surface area contributed by atoms with Gasteiger partial charge in [-0.15, -0.1) is 0 Å². The van der Waals surface area contributed by atoms with E-state index in [4.69, 9.17) is 4.42 Å². The van der Waals surface area contributed by atoms with Gasteiger partial charge in [0.25, 0.3) is 5.56 Å². The highest BCUT2D eigenvalue weighted by Gasteiger charge is 2.37. The zero-order valence-electron chi connectivity index (χ0n) is 18.6. The Morgan fingerprint density at radius 2 is 1.53 bits per heavy atom. The summed E-state index contributed by atoms with van der Waals surface area (Å²) in [6.45, 7) is -0.736. The molecule has 0 saturated carbocycles. The van der Waals surface area contributed by atoms with Crippen LogP contribution in [0.1, 0.15) is 22.3 Å². The zero-order valence-corrected chi connectivity index (χ0v) is 18.6. The Morgan fingerprint density at radius 1 is 0.868 bits per heavy atom. The summed E-state index contributed by atoms with van der Waals surface area (Å²) < 4.78 is 114. The summed E-state index contributed by atoms with van der Waals surface area (Å²) in [4.78, 5) is 13.0. The first-order valence-electron chi connectivity index (χ1n) is 10.4. The van der Waals surface area contributed by atoms with Gasteiger partial charge < -0.3 is 9.52 Å². The van der Waals surface area contributed by atoms with Crippen molar-refractivity contribution in [1.29, 1.82) is 5.26 Å². The molecule has 0 saturated heterocycles. The van der Waals surface area contributed by atoms with Crippen LogP contribution in [0.4, 0.5) is 35.1 Å². The first kappa shape index (κ1) is 26.5. The summed E-state index contributed by atoms with van der Waals surface area (Å²) in [6.07, 6.45) is -10.1. The van der Waals surface area contributed by atoms with Crippen LogP contribution in [0.15, 0.2) is 63.8 Å². The van der Waals surface area contributed by atoms with Crippen LogP contribution in [-0.2, 0) is 18.9 Å². The van der Waals surface area contributed by atoms with E-state index in [1.54, 1.807) is 0 Å². The number of aromatic nitrogens is 1. The topological polar surface area (TPSA) is 79.2 Å². The highest BCUT2D eigenvalue weighted by atomic mass is 19.4. The second-order valence-electron chi connectivity index (χ2n) is 7.95. The van der Waals surface area contributed by atoms with Crippen molar-refractivity contribution < 1.29 is 44.6 Å². The summed E-state index contributed by atoms with van der Waals surface area (Å²) in [5.74, 6) is -3.84. The molecule has 0 atom stereocenters. The molecule has 1 N–H and O–H groups in total. The highest BCUT2D eigenvalue weighted by Crippen LogP contribution is 2.40. The summed E-state index contributed by atoms with van der Waals surface area (Å²) in [5.41, 5.74) is -6.84. The SMILES string of the molecule is N#Cc1c(C(F)(F)F)cc(-c2ccc(-c3ccc(O)c(C(F)(F)F)c3)o2)n(Cc2ccc(F)cc2F)c1=O. The Morgan fingerprint density at radius 3 is 2.13 bits per heavy atom. The number of hydrogen-bond donors (Lipinski definition) is 1. The molecule has 196 valence electrons. The van der Waals surface area contributed by atoms with E-state index in [0.29, 0.717) is 22.8 Å². The van der Waals surface area contributed by atoms with E-state index in [1.165, 1.54) is 6.07 Å². The largest absolute Gasteiger partial charge is 0.507 e. The third-order valence-corrected chi connectivity index (χ3v) is 5.51. The van der Waals surface area contributed by atoms with Gasteiger partial charge in [-0.3, -0.25) is 9.36 Å². The molecule has 2 aromatic heterocycles. The van der Waals surface area contributed by atoms with Crippen LogP contribution >= 0.6 is 0 Å². The summed E-state index contributed by atoms with van der Waals surface area (Å²) in [7, 11) is 0. The number of pyridine rings is 1. The lowest BCUT2D eigenvalue weighted by atomic mass is 10.1. The molecule has 2 heterocycles. The maximum atomic E-state index is 14.3. The van der Waals surface area contributed by atoms with Gasteiger partial charge in [-0.25, -0.2) is 8.78 Å². The fourth-order valence-electron chi connectivity index (χ4n) is 3.71. The van der Waals surface area contributed by atoms with Crippen molar-refractivity contribution >= 4 is 0 Å². The van der Waals surface area contributed by atoms with Crippen LogP contribution in [0, 0.1) is 23.0 Å². The Bertz CT molecular complexity index is 1640. The quantitative estimate of drug-likeness (QED) is 0.292. The Hall–Kier alpha value is -4.60. The van der Waals surface area contributed by atoms with E-state index in [9.17, 15) is 50.3 Å². The molecule has 38 heavy (non-hydrogen) atoms. The van der Waals surface area contributed by atoms with Gasteiger partial charge in [0, 0.05) is 17.2 Å². The zero-order chi connectivity index (χ0) is 28.0.